The van der Waals surface area contributed by atoms with Gasteiger partial charge in [0.05, 0.1) is 0 Å². The van der Waals surface area contributed by atoms with E-state index < -0.39 is 11.9 Å². The van der Waals surface area contributed by atoms with Gasteiger partial charge in [-0.3, -0.25) is 4.79 Å². The second-order valence-electron chi connectivity index (χ2n) is 3.14. The van der Waals surface area contributed by atoms with E-state index in [4.69, 9.17) is 0 Å². The summed E-state index contributed by atoms with van der Waals surface area (Å²) in [5.74, 6) is -0.873. The molecule has 0 radical (unpaired) electrons. The molecule has 80 valence electrons. The highest BCUT2D eigenvalue weighted by Crippen LogP contribution is 1.99. The predicted octanol–water partition coefficient (Wildman–Crippen LogP) is 1.72. The van der Waals surface area contributed by atoms with Crippen molar-refractivity contribution in [2.45, 2.75) is 39.5 Å². The quantitative estimate of drug-likeness (QED) is 0.416. The molecule has 0 rings (SSSR count). The lowest BCUT2D eigenvalue weighted by atomic mass is 10.2. The second-order valence-corrected chi connectivity index (χ2v) is 3.14. The van der Waals surface area contributed by atoms with E-state index >= 15 is 0 Å². The Hall–Kier alpha value is -1.32. The van der Waals surface area contributed by atoms with Gasteiger partial charge in [0, 0.05) is 12.0 Å². The fraction of sp³-hybridized carbons (Fsp3) is 0.600. The van der Waals surface area contributed by atoms with E-state index in [1.54, 1.807) is 6.92 Å². The van der Waals surface area contributed by atoms with Crippen LogP contribution in [0.25, 0.3) is 0 Å². The summed E-state index contributed by atoms with van der Waals surface area (Å²) in [6, 6.07) is 0. The summed E-state index contributed by atoms with van der Waals surface area (Å²) < 4.78 is 0. The zero-order valence-electron chi connectivity index (χ0n) is 8.76. The first kappa shape index (κ1) is 12.7. The minimum absolute atomic E-state index is 0.311. The molecule has 0 aromatic rings. The Kier molecular flexibility index (Phi) is 6.45. The highest BCUT2D eigenvalue weighted by atomic mass is 16.7. The van der Waals surface area contributed by atoms with Crippen LogP contribution in [0.4, 0.5) is 0 Å². The lowest BCUT2D eigenvalue weighted by Gasteiger charge is -2.04. The Morgan fingerprint density at radius 1 is 1.36 bits per heavy atom. The molecule has 0 unspecified atom stereocenters. The molecule has 0 aliphatic heterocycles. The van der Waals surface area contributed by atoms with Gasteiger partial charge >= 0.3 is 5.97 Å². The van der Waals surface area contributed by atoms with Crippen molar-refractivity contribution in [3.63, 3.8) is 0 Å². The van der Waals surface area contributed by atoms with Crippen LogP contribution in [0.2, 0.25) is 0 Å². The first-order valence-corrected chi connectivity index (χ1v) is 4.73. The number of hydrogen-bond acceptors (Lipinski definition) is 3. The van der Waals surface area contributed by atoms with Gasteiger partial charge in [-0.25, -0.2) is 4.79 Å². The maximum absolute atomic E-state index is 11.0. The smallest absolute Gasteiger partial charge is 0.332 e. The Morgan fingerprint density at radius 2 is 2.00 bits per heavy atom. The SMILES string of the molecule is C=C(C)C(=O)NOC(=O)CCCCC. The summed E-state index contributed by atoms with van der Waals surface area (Å²) in [5.41, 5.74) is 2.33. The molecule has 0 aromatic carbocycles. The molecular weight excluding hydrogens is 182 g/mol. The zero-order valence-corrected chi connectivity index (χ0v) is 8.76. The van der Waals surface area contributed by atoms with Crippen molar-refractivity contribution in [3.8, 4) is 0 Å². The van der Waals surface area contributed by atoms with Gasteiger partial charge in [0.2, 0.25) is 0 Å². The lowest BCUT2D eigenvalue weighted by Crippen LogP contribution is -2.27. The molecule has 1 amide bonds. The van der Waals surface area contributed by atoms with Crippen LogP contribution in [0, 0.1) is 0 Å². The van der Waals surface area contributed by atoms with Gasteiger partial charge in [-0.1, -0.05) is 26.3 Å². The molecule has 0 aromatic heterocycles. The molecule has 0 spiro atoms. The van der Waals surface area contributed by atoms with E-state index in [0.29, 0.717) is 12.0 Å². The summed E-state index contributed by atoms with van der Waals surface area (Å²) in [6.07, 6.45) is 3.16. The molecular formula is C10H17NO3. The number of nitrogens with one attached hydrogen (secondary N) is 1. The molecule has 14 heavy (non-hydrogen) atoms. The van der Waals surface area contributed by atoms with Crippen molar-refractivity contribution in [2.75, 3.05) is 0 Å². The summed E-state index contributed by atoms with van der Waals surface area (Å²) in [6.45, 7) is 7.00. The molecule has 4 heteroatoms. The van der Waals surface area contributed by atoms with E-state index in [-0.39, 0.29) is 0 Å². The summed E-state index contributed by atoms with van der Waals surface area (Å²) >= 11 is 0. The van der Waals surface area contributed by atoms with Crippen LogP contribution >= 0.6 is 0 Å². The molecule has 0 heterocycles. The predicted molar refractivity (Wildman–Crippen MR) is 53.2 cm³/mol. The van der Waals surface area contributed by atoms with Gasteiger partial charge in [0.15, 0.2) is 0 Å². The van der Waals surface area contributed by atoms with Crippen molar-refractivity contribution in [3.05, 3.63) is 12.2 Å². The van der Waals surface area contributed by atoms with Gasteiger partial charge < -0.3 is 4.84 Å². The number of amides is 1. The zero-order chi connectivity index (χ0) is 11.0. The standard InChI is InChI=1S/C10H17NO3/c1-4-5-6-7-9(12)14-11-10(13)8(2)3/h2,4-7H2,1,3H3,(H,11,13). The van der Waals surface area contributed by atoms with Crippen LogP contribution in [0.15, 0.2) is 12.2 Å². The van der Waals surface area contributed by atoms with Gasteiger partial charge in [-0.05, 0) is 13.3 Å². The van der Waals surface area contributed by atoms with Crippen LogP contribution in [0.3, 0.4) is 0 Å². The Morgan fingerprint density at radius 3 is 2.50 bits per heavy atom. The largest absolute Gasteiger partial charge is 0.341 e. The first-order chi connectivity index (χ1) is 6.57. The van der Waals surface area contributed by atoms with Crippen molar-refractivity contribution >= 4 is 11.9 Å². The number of hydroxylamine groups is 1. The molecule has 0 fully saturated rings. The van der Waals surface area contributed by atoms with Crippen LogP contribution < -0.4 is 5.48 Å². The third kappa shape index (κ3) is 6.22. The van der Waals surface area contributed by atoms with Gasteiger partial charge in [0.1, 0.15) is 0 Å². The number of rotatable bonds is 5. The van der Waals surface area contributed by atoms with E-state index in [1.165, 1.54) is 0 Å². The molecule has 0 aliphatic rings. The minimum Gasteiger partial charge on any atom is -0.341 e. The summed E-state index contributed by atoms with van der Waals surface area (Å²) in [4.78, 5) is 26.4. The van der Waals surface area contributed by atoms with Gasteiger partial charge in [-0.2, -0.15) is 5.48 Å². The average Bonchev–Trinajstić information content (AvgIpc) is 2.14. The summed E-state index contributed by atoms with van der Waals surface area (Å²) in [5, 5.41) is 0. The topological polar surface area (TPSA) is 55.4 Å². The Bertz CT molecular complexity index is 223. The second kappa shape index (κ2) is 7.12. The molecule has 0 atom stereocenters. The maximum Gasteiger partial charge on any atom is 0.332 e. The fourth-order valence-electron chi connectivity index (χ4n) is 0.761. The highest BCUT2D eigenvalue weighted by molar-refractivity contribution is 5.92. The fourth-order valence-corrected chi connectivity index (χ4v) is 0.761. The highest BCUT2D eigenvalue weighted by Gasteiger charge is 2.06. The van der Waals surface area contributed by atoms with Crippen molar-refractivity contribution in [1.29, 1.82) is 0 Å². The van der Waals surface area contributed by atoms with E-state index in [9.17, 15) is 9.59 Å². The number of carbonyl (C=O) groups excluding carboxylic acids is 2. The van der Waals surface area contributed by atoms with Crippen molar-refractivity contribution in [2.24, 2.45) is 0 Å². The van der Waals surface area contributed by atoms with Gasteiger partial charge in [-0.15, -0.1) is 0 Å². The summed E-state index contributed by atoms with van der Waals surface area (Å²) in [7, 11) is 0. The monoisotopic (exact) mass is 199 g/mol. The third-order valence-corrected chi connectivity index (χ3v) is 1.63. The lowest BCUT2D eigenvalue weighted by molar-refractivity contribution is -0.157. The van der Waals surface area contributed by atoms with E-state index in [1.807, 2.05) is 12.4 Å². The molecule has 0 bridgehead atoms. The Balaban J connectivity index is 3.54. The van der Waals surface area contributed by atoms with E-state index in [0.717, 1.165) is 19.3 Å². The van der Waals surface area contributed by atoms with Crippen LogP contribution in [0.1, 0.15) is 39.5 Å². The van der Waals surface area contributed by atoms with Crippen molar-refractivity contribution in [1.82, 2.24) is 5.48 Å². The molecule has 0 saturated heterocycles. The van der Waals surface area contributed by atoms with Crippen LogP contribution in [0.5, 0.6) is 0 Å². The molecule has 0 aliphatic carbocycles. The minimum atomic E-state index is -0.464. The van der Waals surface area contributed by atoms with Crippen LogP contribution in [-0.4, -0.2) is 11.9 Å². The number of unbranched alkanes of at least 4 members (excludes halogenated alkanes) is 2. The van der Waals surface area contributed by atoms with Crippen LogP contribution in [-0.2, 0) is 14.4 Å². The number of carbonyl (C=O) groups is 2. The number of hydrogen-bond donors (Lipinski definition) is 1. The average molecular weight is 199 g/mol. The molecule has 4 nitrogen and oxygen atoms in total. The normalized spacial score (nSPS) is 9.29. The van der Waals surface area contributed by atoms with Crippen molar-refractivity contribution < 1.29 is 14.4 Å². The Labute approximate surface area is 84.3 Å². The van der Waals surface area contributed by atoms with E-state index in [2.05, 4.69) is 11.4 Å². The first-order valence-electron chi connectivity index (χ1n) is 4.73. The molecule has 1 N–H and O–H groups in total. The third-order valence-electron chi connectivity index (χ3n) is 1.63. The van der Waals surface area contributed by atoms with Gasteiger partial charge in [0.25, 0.3) is 5.91 Å². The molecule has 0 saturated carbocycles. The maximum atomic E-state index is 11.0.